The van der Waals surface area contributed by atoms with Crippen LogP contribution in [-0.4, -0.2) is 46.3 Å². The third kappa shape index (κ3) is 4.71. The second kappa shape index (κ2) is 6.36. The lowest BCUT2D eigenvalue weighted by molar-refractivity contribution is -0.00813. The molecule has 0 atom stereocenters. The maximum atomic E-state index is 11.8. The highest BCUT2D eigenvalue weighted by molar-refractivity contribution is 9.10. The first kappa shape index (κ1) is 16.3. The molecule has 0 radical (unpaired) electrons. The summed E-state index contributed by atoms with van der Waals surface area (Å²) in [5, 5.41) is 0.136. The van der Waals surface area contributed by atoms with E-state index in [2.05, 4.69) is 25.9 Å². The summed E-state index contributed by atoms with van der Waals surface area (Å²) in [6, 6.07) is 0. The van der Waals surface area contributed by atoms with Crippen molar-refractivity contribution in [2.75, 3.05) is 19.7 Å². The summed E-state index contributed by atoms with van der Waals surface area (Å²) in [7, 11) is 0. The number of nitrogens with zero attached hydrogens (tertiary/aromatic N) is 3. The fraction of sp³-hybridized carbons (Fsp3) is 0.615. The third-order valence-corrected chi connectivity index (χ3v) is 3.47. The van der Waals surface area contributed by atoms with Crippen molar-refractivity contribution in [3.63, 3.8) is 0 Å². The number of likely N-dealkylation sites (tertiary alicyclic amines) is 1. The molecule has 0 spiro atoms. The Morgan fingerprint density at radius 2 is 2.19 bits per heavy atom. The third-order valence-electron chi connectivity index (χ3n) is 2.75. The van der Waals surface area contributed by atoms with Crippen molar-refractivity contribution in [2.45, 2.75) is 26.4 Å². The van der Waals surface area contributed by atoms with Crippen molar-refractivity contribution in [1.82, 2.24) is 14.9 Å². The van der Waals surface area contributed by atoms with Gasteiger partial charge in [0.05, 0.1) is 11.1 Å². The number of carbonyl (C=O) groups excluding carboxylic acids is 1. The van der Waals surface area contributed by atoms with Crippen LogP contribution >= 0.6 is 27.5 Å². The second-order valence-corrected chi connectivity index (χ2v) is 7.05. The largest absolute Gasteiger partial charge is 0.476 e. The van der Waals surface area contributed by atoms with Crippen LogP contribution in [0.15, 0.2) is 10.7 Å². The minimum absolute atomic E-state index is 0.136. The molecule has 0 aliphatic carbocycles. The average Bonchev–Trinajstić information content (AvgIpc) is 2.29. The van der Waals surface area contributed by atoms with Gasteiger partial charge in [0.2, 0.25) is 11.2 Å². The molecule has 0 saturated carbocycles. The van der Waals surface area contributed by atoms with Gasteiger partial charge >= 0.3 is 6.09 Å². The predicted octanol–water partition coefficient (Wildman–Crippen LogP) is 3.14. The molecule has 2 rings (SSSR count). The molecular weight excluding hydrogens is 362 g/mol. The highest BCUT2D eigenvalue weighted by atomic mass is 79.9. The van der Waals surface area contributed by atoms with Gasteiger partial charge in [-0.25, -0.2) is 9.78 Å². The Morgan fingerprint density at radius 1 is 1.52 bits per heavy atom. The lowest BCUT2D eigenvalue weighted by Gasteiger charge is -2.39. The first-order valence-electron chi connectivity index (χ1n) is 6.53. The fourth-order valence-corrected chi connectivity index (χ4v) is 2.21. The van der Waals surface area contributed by atoms with Gasteiger partial charge in [-0.15, -0.1) is 0 Å². The van der Waals surface area contributed by atoms with Gasteiger partial charge in [0, 0.05) is 25.2 Å². The van der Waals surface area contributed by atoms with Crippen molar-refractivity contribution >= 4 is 33.6 Å². The molecule has 6 nitrogen and oxygen atoms in total. The molecule has 1 aliphatic heterocycles. The van der Waals surface area contributed by atoms with E-state index in [0.717, 1.165) is 0 Å². The number of aromatic nitrogens is 2. The van der Waals surface area contributed by atoms with Crippen molar-refractivity contribution in [1.29, 1.82) is 0 Å². The van der Waals surface area contributed by atoms with Gasteiger partial charge in [-0.05, 0) is 48.3 Å². The van der Waals surface area contributed by atoms with Crippen LogP contribution in [0.2, 0.25) is 5.28 Å². The summed E-state index contributed by atoms with van der Waals surface area (Å²) in [5.41, 5.74) is -0.471. The summed E-state index contributed by atoms with van der Waals surface area (Å²) in [4.78, 5) is 21.2. The molecule has 1 aromatic rings. The molecule has 116 valence electrons. The Kier molecular flexibility index (Phi) is 4.93. The normalized spacial score (nSPS) is 15.6. The molecule has 2 heterocycles. The van der Waals surface area contributed by atoms with Crippen LogP contribution in [0.5, 0.6) is 5.88 Å². The Labute approximate surface area is 136 Å². The van der Waals surface area contributed by atoms with Gasteiger partial charge in [0.15, 0.2) is 0 Å². The maximum Gasteiger partial charge on any atom is 0.410 e. The highest BCUT2D eigenvalue weighted by Crippen LogP contribution is 2.25. The highest BCUT2D eigenvalue weighted by Gasteiger charge is 2.34. The van der Waals surface area contributed by atoms with Crippen LogP contribution in [0.25, 0.3) is 0 Å². The van der Waals surface area contributed by atoms with E-state index in [-0.39, 0.29) is 17.3 Å². The smallest absolute Gasteiger partial charge is 0.410 e. The molecular formula is C13H17BrClN3O3. The summed E-state index contributed by atoms with van der Waals surface area (Å²) in [6.45, 7) is 7.24. The molecule has 1 aromatic heterocycles. The van der Waals surface area contributed by atoms with E-state index < -0.39 is 5.60 Å². The Morgan fingerprint density at radius 3 is 2.81 bits per heavy atom. The van der Waals surface area contributed by atoms with Crippen molar-refractivity contribution in [2.24, 2.45) is 5.92 Å². The van der Waals surface area contributed by atoms with E-state index in [9.17, 15) is 4.79 Å². The van der Waals surface area contributed by atoms with Gasteiger partial charge in [0.25, 0.3) is 0 Å². The summed E-state index contributed by atoms with van der Waals surface area (Å²) in [5.74, 6) is 0.670. The summed E-state index contributed by atoms with van der Waals surface area (Å²) < 4.78 is 11.5. The van der Waals surface area contributed by atoms with E-state index >= 15 is 0 Å². The minimum atomic E-state index is -0.471. The van der Waals surface area contributed by atoms with Gasteiger partial charge in [-0.3, -0.25) is 0 Å². The van der Waals surface area contributed by atoms with E-state index in [1.165, 1.54) is 0 Å². The van der Waals surface area contributed by atoms with Crippen LogP contribution in [0.4, 0.5) is 4.79 Å². The van der Waals surface area contributed by atoms with Crippen LogP contribution in [0, 0.1) is 5.92 Å². The predicted molar refractivity (Wildman–Crippen MR) is 81.5 cm³/mol. The van der Waals surface area contributed by atoms with Crippen molar-refractivity contribution < 1.29 is 14.3 Å². The summed E-state index contributed by atoms with van der Waals surface area (Å²) in [6.07, 6.45) is 1.25. The van der Waals surface area contributed by atoms with Crippen molar-refractivity contribution in [3.8, 4) is 5.88 Å². The van der Waals surface area contributed by atoms with Gasteiger partial charge in [-0.2, -0.15) is 4.98 Å². The number of ether oxygens (including phenoxy) is 2. The van der Waals surface area contributed by atoms with Crippen LogP contribution in [-0.2, 0) is 4.74 Å². The summed E-state index contributed by atoms with van der Waals surface area (Å²) >= 11 is 9.01. The topological polar surface area (TPSA) is 64.5 Å². The zero-order chi connectivity index (χ0) is 15.6. The van der Waals surface area contributed by atoms with Crippen molar-refractivity contribution in [3.05, 3.63) is 16.0 Å². The molecule has 1 aliphatic rings. The van der Waals surface area contributed by atoms with E-state index in [0.29, 0.717) is 30.0 Å². The first-order chi connectivity index (χ1) is 9.74. The van der Waals surface area contributed by atoms with Gasteiger partial charge in [-0.1, -0.05) is 0 Å². The maximum absolute atomic E-state index is 11.8. The average molecular weight is 379 g/mol. The standard InChI is InChI=1S/C13H17BrClN3O3/c1-13(2,3)21-12(19)18-5-8(6-18)7-20-10-9(14)4-16-11(15)17-10/h4,8H,5-7H2,1-3H3. The quantitative estimate of drug-likeness (QED) is 0.756. The molecule has 8 heteroatoms. The first-order valence-corrected chi connectivity index (χ1v) is 7.70. The fourth-order valence-electron chi connectivity index (χ4n) is 1.78. The number of amides is 1. The van der Waals surface area contributed by atoms with Gasteiger partial charge < -0.3 is 14.4 Å². The Bertz CT molecular complexity index is 530. The second-order valence-electron chi connectivity index (χ2n) is 5.85. The van der Waals surface area contributed by atoms with Crippen LogP contribution < -0.4 is 4.74 Å². The molecule has 1 saturated heterocycles. The number of hydrogen-bond donors (Lipinski definition) is 0. The SMILES string of the molecule is CC(C)(C)OC(=O)N1CC(COc2nc(Cl)ncc2Br)C1. The van der Waals surface area contributed by atoms with Crippen LogP contribution in [0.1, 0.15) is 20.8 Å². The molecule has 0 N–H and O–H groups in total. The zero-order valence-electron chi connectivity index (χ0n) is 12.1. The number of rotatable bonds is 3. The zero-order valence-corrected chi connectivity index (χ0v) is 14.4. The Balaban J connectivity index is 1.76. The lowest BCUT2D eigenvalue weighted by Crippen LogP contribution is -2.53. The lowest BCUT2D eigenvalue weighted by atomic mass is 10.0. The molecule has 0 unspecified atom stereocenters. The number of halogens is 2. The van der Waals surface area contributed by atoms with E-state index in [1.54, 1.807) is 11.1 Å². The molecule has 0 aromatic carbocycles. The molecule has 1 fully saturated rings. The van der Waals surface area contributed by atoms with E-state index in [4.69, 9.17) is 21.1 Å². The van der Waals surface area contributed by atoms with Crippen LogP contribution in [0.3, 0.4) is 0 Å². The van der Waals surface area contributed by atoms with E-state index in [1.807, 2.05) is 20.8 Å². The minimum Gasteiger partial charge on any atom is -0.476 e. The monoisotopic (exact) mass is 377 g/mol. The van der Waals surface area contributed by atoms with Gasteiger partial charge in [0.1, 0.15) is 5.60 Å². The molecule has 21 heavy (non-hydrogen) atoms. The number of carbonyl (C=O) groups is 1. The molecule has 0 bridgehead atoms. The Hall–Kier alpha value is -1.08. The molecule has 1 amide bonds. The number of hydrogen-bond acceptors (Lipinski definition) is 5.